The molecule has 1 aliphatic carbocycles. The van der Waals surface area contributed by atoms with Crippen molar-refractivity contribution in [1.82, 2.24) is 15.1 Å². The Balaban J connectivity index is 0.00000208. The molecule has 1 fully saturated rings. The second-order valence-corrected chi connectivity index (χ2v) is 6.62. The van der Waals surface area contributed by atoms with Crippen molar-refractivity contribution in [3.63, 3.8) is 0 Å². The van der Waals surface area contributed by atoms with Crippen LogP contribution in [0.4, 0.5) is 0 Å². The van der Waals surface area contributed by atoms with Gasteiger partial charge in [0.2, 0.25) is 0 Å². The molecule has 1 aromatic heterocycles. The summed E-state index contributed by atoms with van der Waals surface area (Å²) in [5.74, 6) is -0.108. The van der Waals surface area contributed by atoms with Crippen LogP contribution in [0.15, 0.2) is 30.5 Å². The topological polar surface area (TPSA) is 72.9 Å². The van der Waals surface area contributed by atoms with Gasteiger partial charge in [-0.1, -0.05) is 30.5 Å². The summed E-state index contributed by atoms with van der Waals surface area (Å²) < 4.78 is 1.73. The Morgan fingerprint density at radius 2 is 2.12 bits per heavy atom. The van der Waals surface area contributed by atoms with E-state index in [4.69, 9.17) is 17.3 Å². The van der Waals surface area contributed by atoms with Gasteiger partial charge in [0.1, 0.15) is 0 Å². The Morgan fingerprint density at radius 1 is 1.42 bits per heavy atom. The van der Waals surface area contributed by atoms with E-state index < -0.39 is 0 Å². The Hall–Kier alpha value is -1.56. The van der Waals surface area contributed by atoms with E-state index in [0.717, 1.165) is 37.1 Å². The number of nitrogens with zero attached hydrogens (tertiary/aromatic N) is 2. The highest BCUT2D eigenvalue weighted by atomic mass is 35.5. The molecule has 2 aromatic rings. The molecule has 1 aliphatic rings. The number of rotatable bonds is 4. The lowest BCUT2D eigenvalue weighted by Crippen LogP contribution is -2.51. The molecule has 24 heavy (non-hydrogen) atoms. The summed E-state index contributed by atoms with van der Waals surface area (Å²) in [6.07, 6.45) is 5.70. The fourth-order valence-electron chi connectivity index (χ4n) is 3.24. The van der Waals surface area contributed by atoms with Crippen molar-refractivity contribution in [3.8, 4) is 5.69 Å². The van der Waals surface area contributed by atoms with Gasteiger partial charge in [-0.3, -0.25) is 4.79 Å². The molecule has 3 rings (SSSR count). The van der Waals surface area contributed by atoms with Crippen molar-refractivity contribution in [2.24, 2.45) is 5.73 Å². The Bertz CT molecular complexity index is 723. The third-order valence-corrected chi connectivity index (χ3v) is 4.87. The van der Waals surface area contributed by atoms with Crippen LogP contribution in [0.1, 0.15) is 41.7 Å². The first-order valence-corrected chi connectivity index (χ1v) is 8.26. The summed E-state index contributed by atoms with van der Waals surface area (Å²) in [4.78, 5) is 12.7. The summed E-state index contributed by atoms with van der Waals surface area (Å²) in [6, 6.07) is 7.40. The molecule has 0 spiro atoms. The average molecular weight is 369 g/mol. The maximum absolute atomic E-state index is 12.7. The first-order chi connectivity index (χ1) is 11.0. The number of hydrogen-bond donors (Lipinski definition) is 2. The monoisotopic (exact) mass is 368 g/mol. The minimum atomic E-state index is -0.262. The highest BCUT2D eigenvalue weighted by molar-refractivity contribution is 6.30. The lowest BCUT2D eigenvalue weighted by Gasteiger charge is -2.28. The van der Waals surface area contributed by atoms with E-state index in [1.807, 2.05) is 31.2 Å². The van der Waals surface area contributed by atoms with Crippen LogP contribution in [-0.4, -0.2) is 27.8 Å². The standard InChI is InChI=1S/C17H21ClN4O.ClH/c1-12-15(16(23)21-17(11-19)7-2-3-8-17)10-20-22(12)14-6-4-5-13(18)9-14;/h4-6,9-10H,2-3,7-8,11,19H2,1H3,(H,21,23);1H. The van der Waals surface area contributed by atoms with E-state index in [2.05, 4.69) is 10.4 Å². The maximum Gasteiger partial charge on any atom is 0.255 e. The Labute approximate surface area is 153 Å². The summed E-state index contributed by atoms with van der Waals surface area (Å²) >= 11 is 6.03. The fraction of sp³-hybridized carbons (Fsp3) is 0.412. The van der Waals surface area contributed by atoms with E-state index in [0.29, 0.717) is 17.1 Å². The number of benzene rings is 1. The SMILES string of the molecule is Cc1c(C(=O)NC2(CN)CCCC2)cnn1-c1cccc(Cl)c1.Cl. The van der Waals surface area contributed by atoms with Crippen LogP contribution in [0.5, 0.6) is 0 Å². The Morgan fingerprint density at radius 3 is 2.75 bits per heavy atom. The molecule has 0 atom stereocenters. The lowest BCUT2D eigenvalue weighted by molar-refractivity contribution is 0.0902. The molecular formula is C17H22Cl2N4O. The molecular weight excluding hydrogens is 347 g/mol. The van der Waals surface area contributed by atoms with Gasteiger partial charge in [0.25, 0.3) is 5.91 Å². The van der Waals surface area contributed by atoms with Crippen LogP contribution in [0, 0.1) is 6.92 Å². The number of nitrogens with one attached hydrogen (secondary N) is 1. The number of carbonyl (C=O) groups excluding carboxylic acids is 1. The zero-order valence-corrected chi connectivity index (χ0v) is 15.2. The van der Waals surface area contributed by atoms with Gasteiger partial charge < -0.3 is 11.1 Å². The second-order valence-electron chi connectivity index (χ2n) is 6.18. The van der Waals surface area contributed by atoms with Crippen LogP contribution < -0.4 is 11.1 Å². The van der Waals surface area contributed by atoms with Crippen molar-refractivity contribution in [2.45, 2.75) is 38.1 Å². The van der Waals surface area contributed by atoms with Gasteiger partial charge in [0.05, 0.1) is 28.7 Å². The second kappa shape index (κ2) is 7.55. The number of carbonyl (C=O) groups is 1. The van der Waals surface area contributed by atoms with Crippen LogP contribution >= 0.6 is 24.0 Å². The highest BCUT2D eigenvalue weighted by Gasteiger charge is 2.34. The summed E-state index contributed by atoms with van der Waals surface area (Å²) in [5, 5.41) is 8.10. The molecule has 130 valence electrons. The van der Waals surface area contributed by atoms with E-state index >= 15 is 0 Å². The van der Waals surface area contributed by atoms with Crippen LogP contribution in [-0.2, 0) is 0 Å². The summed E-state index contributed by atoms with van der Waals surface area (Å²) in [6.45, 7) is 2.35. The lowest BCUT2D eigenvalue weighted by atomic mass is 9.97. The maximum atomic E-state index is 12.7. The molecule has 1 aromatic carbocycles. The number of aromatic nitrogens is 2. The molecule has 1 heterocycles. The molecule has 0 aliphatic heterocycles. The van der Waals surface area contributed by atoms with Crippen LogP contribution in [0.3, 0.4) is 0 Å². The van der Waals surface area contributed by atoms with E-state index in [1.165, 1.54) is 0 Å². The molecule has 1 amide bonds. The smallest absolute Gasteiger partial charge is 0.255 e. The normalized spacial score (nSPS) is 15.8. The van der Waals surface area contributed by atoms with Gasteiger partial charge in [-0.25, -0.2) is 4.68 Å². The minimum absolute atomic E-state index is 0. The average Bonchev–Trinajstić information content (AvgIpc) is 3.14. The summed E-state index contributed by atoms with van der Waals surface area (Å²) in [7, 11) is 0. The highest BCUT2D eigenvalue weighted by Crippen LogP contribution is 2.29. The molecule has 1 saturated carbocycles. The van der Waals surface area contributed by atoms with E-state index in [1.54, 1.807) is 10.9 Å². The predicted octanol–water partition coefficient (Wildman–Crippen LogP) is 3.26. The van der Waals surface area contributed by atoms with Crippen molar-refractivity contribution in [1.29, 1.82) is 0 Å². The van der Waals surface area contributed by atoms with Gasteiger partial charge >= 0.3 is 0 Å². The number of halogens is 2. The molecule has 7 heteroatoms. The largest absolute Gasteiger partial charge is 0.345 e. The molecule has 3 N–H and O–H groups in total. The van der Waals surface area contributed by atoms with E-state index in [-0.39, 0.29) is 23.9 Å². The zero-order valence-electron chi connectivity index (χ0n) is 13.6. The molecule has 5 nitrogen and oxygen atoms in total. The van der Waals surface area contributed by atoms with Crippen molar-refractivity contribution >= 4 is 29.9 Å². The van der Waals surface area contributed by atoms with E-state index in [9.17, 15) is 4.79 Å². The number of amides is 1. The first kappa shape index (κ1) is 18.8. The van der Waals surface area contributed by atoms with Gasteiger partial charge in [-0.2, -0.15) is 5.10 Å². The number of nitrogens with two attached hydrogens (primary N) is 1. The predicted molar refractivity (Wildman–Crippen MR) is 98.3 cm³/mol. The van der Waals surface area contributed by atoms with Gasteiger partial charge in [-0.05, 0) is 38.0 Å². The number of hydrogen-bond acceptors (Lipinski definition) is 3. The third-order valence-electron chi connectivity index (χ3n) is 4.64. The minimum Gasteiger partial charge on any atom is -0.345 e. The zero-order chi connectivity index (χ0) is 16.4. The molecule has 0 unspecified atom stereocenters. The molecule has 0 bridgehead atoms. The molecule has 0 saturated heterocycles. The third kappa shape index (κ3) is 3.58. The summed E-state index contributed by atoms with van der Waals surface area (Å²) in [5.41, 5.74) is 7.83. The quantitative estimate of drug-likeness (QED) is 0.869. The Kier molecular flexibility index (Phi) is 5.91. The molecule has 0 radical (unpaired) electrons. The van der Waals surface area contributed by atoms with Crippen molar-refractivity contribution in [2.75, 3.05) is 6.54 Å². The van der Waals surface area contributed by atoms with Crippen LogP contribution in [0.2, 0.25) is 5.02 Å². The first-order valence-electron chi connectivity index (χ1n) is 7.88. The van der Waals surface area contributed by atoms with Gasteiger partial charge in [-0.15, -0.1) is 12.4 Å². The van der Waals surface area contributed by atoms with Crippen molar-refractivity contribution < 1.29 is 4.79 Å². The van der Waals surface area contributed by atoms with Crippen molar-refractivity contribution in [3.05, 3.63) is 46.7 Å². The van der Waals surface area contributed by atoms with Gasteiger partial charge in [0.15, 0.2) is 0 Å². The van der Waals surface area contributed by atoms with Crippen LogP contribution in [0.25, 0.3) is 5.69 Å². The fourth-order valence-corrected chi connectivity index (χ4v) is 3.43. The van der Waals surface area contributed by atoms with Gasteiger partial charge in [0, 0.05) is 11.6 Å².